The third kappa shape index (κ3) is 33.5. The molecule has 0 aromatic rings. The van der Waals surface area contributed by atoms with Gasteiger partial charge in [0.15, 0.2) is 0 Å². The van der Waals surface area contributed by atoms with Gasteiger partial charge >= 0.3 is 7.82 Å². The van der Waals surface area contributed by atoms with Crippen LogP contribution in [-0.2, 0) is 18.4 Å². The van der Waals surface area contributed by atoms with Crippen LogP contribution in [-0.4, -0.2) is 47.8 Å². The third-order valence-electron chi connectivity index (χ3n) is 8.77. The second kappa shape index (κ2) is 35.8. The number of nitrogens with two attached hydrogens (primary N) is 1. The lowest BCUT2D eigenvalue weighted by atomic mass is 10.0. The van der Waals surface area contributed by atoms with Crippen molar-refractivity contribution in [2.75, 3.05) is 19.8 Å². The maximum atomic E-state index is 12.7. The molecule has 0 radical (unpaired) electrons. The van der Waals surface area contributed by atoms with Crippen molar-refractivity contribution in [2.24, 2.45) is 5.73 Å². The Bertz CT molecular complexity index is 809. The number of hydrogen-bond donors (Lipinski definition) is 4. The summed E-state index contributed by atoms with van der Waals surface area (Å²) in [5, 5.41) is 13.6. The molecule has 9 heteroatoms. The predicted octanol–water partition coefficient (Wildman–Crippen LogP) is 10.6. The first-order valence-electron chi connectivity index (χ1n) is 20.0. The van der Waals surface area contributed by atoms with Gasteiger partial charge in [-0.15, -0.1) is 0 Å². The van der Waals surface area contributed by atoms with Crippen molar-refractivity contribution < 1.29 is 28.4 Å². The van der Waals surface area contributed by atoms with Crippen LogP contribution in [0, 0.1) is 0 Å². The van der Waals surface area contributed by atoms with E-state index in [1.54, 1.807) is 6.08 Å². The van der Waals surface area contributed by atoms with Crippen molar-refractivity contribution in [1.29, 1.82) is 0 Å². The number of hydrogen-bond acceptors (Lipinski definition) is 6. The summed E-state index contributed by atoms with van der Waals surface area (Å²) in [4.78, 5) is 22.6. The fourth-order valence-electron chi connectivity index (χ4n) is 5.71. The predicted molar refractivity (Wildman–Crippen MR) is 203 cm³/mol. The van der Waals surface area contributed by atoms with Crippen LogP contribution in [0.1, 0.15) is 187 Å². The van der Waals surface area contributed by atoms with E-state index in [1.807, 2.05) is 6.08 Å². The van der Waals surface area contributed by atoms with E-state index in [1.165, 1.54) is 116 Å². The fraction of sp³-hybridized carbons (Fsp3) is 0.872. The Morgan fingerprint density at radius 2 is 1.08 bits per heavy atom. The molecule has 0 aliphatic carbocycles. The van der Waals surface area contributed by atoms with E-state index in [0.717, 1.165) is 51.4 Å². The number of aliphatic hydroxyl groups is 1. The fourth-order valence-corrected chi connectivity index (χ4v) is 6.47. The molecule has 0 aromatic heterocycles. The highest BCUT2D eigenvalue weighted by atomic mass is 31.2. The smallest absolute Gasteiger partial charge is 0.387 e. The van der Waals surface area contributed by atoms with E-state index in [-0.39, 0.29) is 25.7 Å². The number of carbonyl (C=O) groups excluding carboxylic acids is 1. The van der Waals surface area contributed by atoms with E-state index in [0.29, 0.717) is 6.42 Å². The van der Waals surface area contributed by atoms with Gasteiger partial charge in [0.2, 0.25) is 5.91 Å². The number of nitrogens with one attached hydrogen (secondary N) is 1. The number of unbranched alkanes of at least 4 members (excludes halogenated alkanes) is 23. The normalized spacial score (nSPS) is 14.5. The largest absolute Gasteiger partial charge is 0.472 e. The Morgan fingerprint density at radius 1 is 0.667 bits per heavy atom. The Balaban J connectivity index is 4.30. The summed E-state index contributed by atoms with van der Waals surface area (Å²) in [6, 6.07) is -0.860. The molecule has 0 aliphatic heterocycles. The monoisotopic (exact) mass is 701 g/mol. The van der Waals surface area contributed by atoms with Crippen LogP contribution in [0.15, 0.2) is 24.3 Å². The molecule has 0 heterocycles. The highest BCUT2D eigenvalue weighted by Crippen LogP contribution is 2.43. The third-order valence-corrected chi connectivity index (χ3v) is 9.76. The zero-order chi connectivity index (χ0) is 35.4. The van der Waals surface area contributed by atoms with Gasteiger partial charge in [-0.25, -0.2) is 4.57 Å². The molecule has 1 amide bonds. The Kier molecular flexibility index (Phi) is 35.0. The molecular formula is C39H77N2O6P. The second-order valence-electron chi connectivity index (χ2n) is 13.5. The zero-order valence-corrected chi connectivity index (χ0v) is 32.1. The summed E-state index contributed by atoms with van der Waals surface area (Å²) < 4.78 is 22.0. The lowest BCUT2D eigenvalue weighted by Gasteiger charge is -2.23. The molecule has 5 N–H and O–H groups in total. The minimum atomic E-state index is -4.33. The standard InChI is InChI=1S/C39H77N2O6P/c1-3-5-7-9-11-13-15-17-19-21-23-25-27-29-31-33-39(43)41-37(36-47-48(44,45)46-35-34-40)38(42)32-30-28-26-24-22-20-18-16-14-12-10-8-6-4-2/h17,19,30,32,37-38,42H,3-16,18,20-29,31,33-36,40H2,1-2H3,(H,41,43)(H,44,45)/b19-17-,32-30+. The number of rotatable bonds is 37. The molecule has 0 bridgehead atoms. The summed E-state index contributed by atoms with van der Waals surface area (Å²) in [7, 11) is -4.33. The van der Waals surface area contributed by atoms with Crippen molar-refractivity contribution in [3.05, 3.63) is 24.3 Å². The van der Waals surface area contributed by atoms with E-state index in [9.17, 15) is 19.4 Å². The Morgan fingerprint density at radius 3 is 1.54 bits per heavy atom. The van der Waals surface area contributed by atoms with Crippen LogP contribution in [0.3, 0.4) is 0 Å². The number of amides is 1. The van der Waals surface area contributed by atoms with Crippen LogP contribution < -0.4 is 11.1 Å². The maximum Gasteiger partial charge on any atom is 0.472 e. The Labute approximate surface area is 296 Å². The zero-order valence-electron chi connectivity index (χ0n) is 31.2. The highest BCUT2D eigenvalue weighted by molar-refractivity contribution is 7.47. The van der Waals surface area contributed by atoms with Gasteiger partial charge in [-0.1, -0.05) is 160 Å². The average Bonchev–Trinajstić information content (AvgIpc) is 3.07. The molecule has 3 atom stereocenters. The van der Waals surface area contributed by atoms with Crippen LogP contribution >= 0.6 is 7.82 Å². The summed E-state index contributed by atoms with van der Waals surface area (Å²) in [6.07, 6.45) is 39.3. The van der Waals surface area contributed by atoms with Crippen LogP contribution in [0.25, 0.3) is 0 Å². The number of phosphoric acid groups is 1. The van der Waals surface area contributed by atoms with Crippen LogP contribution in [0.4, 0.5) is 0 Å². The number of aliphatic hydroxyl groups excluding tert-OH is 1. The molecule has 0 fully saturated rings. The van der Waals surface area contributed by atoms with Crippen molar-refractivity contribution in [2.45, 2.75) is 199 Å². The summed E-state index contributed by atoms with van der Waals surface area (Å²) in [6.45, 7) is 4.11. The summed E-state index contributed by atoms with van der Waals surface area (Å²) >= 11 is 0. The number of carbonyl (C=O) groups is 1. The molecule has 8 nitrogen and oxygen atoms in total. The molecule has 0 aliphatic rings. The van der Waals surface area contributed by atoms with Gasteiger partial charge in [0, 0.05) is 13.0 Å². The van der Waals surface area contributed by atoms with Crippen LogP contribution in [0.2, 0.25) is 0 Å². The second-order valence-corrected chi connectivity index (χ2v) is 14.9. The lowest BCUT2D eigenvalue weighted by molar-refractivity contribution is -0.123. The molecule has 0 aromatic carbocycles. The molecule has 3 unspecified atom stereocenters. The molecule has 0 saturated heterocycles. The van der Waals surface area contributed by atoms with Crippen LogP contribution in [0.5, 0.6) is 0 Å². The van der Waals surface area contributed by atoms with Gasteiger partial charge in [0.05, 0.1) is 25.4 Å². The summed E-state index contributed by atoms with van der Waals surface area (Å²) in [5.74, 6) is -0.203. The average molecular weight is 701 g/mol. The maximum absolute atomic E-state index is 12.7. The lowest BCUT2D eigenvalue weighted by Crippen LogP contribution is -2.45. The molecule has 284 valence electrons. The van der Waals surface area contributed by atoms with Gasteiger partial charge in [0.25, 0.3) is 0 Å². The van der Waals surface area contributed by atoms with Gasteiger partial charge in [-0.2, -0.15) is 0 Å². The first-order valence-corrected chi connectivity index (χ1v) is 21.5. The number of allylic oxidation sites excluding steroid dienone is 3. The molecule has 0 rings (SSSR count). The van der Waals surface area contributed by atoms with Crippen molar-refractivity contribution in [1.82, 2.24) is 5.32 Å². The first kappa shape index (κ1) is 47.0. The Hall–Kier alpha value is -1.02. The summed E-state index contributed by atoms with van der Waals surface area (Å²) in [5.41, 5.74) is 5.36. The van der Waals surface area contributed by atoms with E-state index >= 15 is 0 Å². The molecule has 0 spiro atoms. The molecular weight excluding hydrogens is 623 g/mol. The topological polar surface area (TPSA) is 131 Å². The molecule has 48 heavy (non-hydrogen) atoms. The number of phosphoric ester groups is 1. The van der Waals surface area contributed by atoms with Crippen molar-refractivity contribution in [3.63, 3.8) is 0 Å². The highest BCUT2D eigenvalue weighted by Gasteiger charge is 2.26. The minimum Gasteiger partial charge on any atom is -0.387 e. The minimum absolute atomic E-state index is 0.0779. The van der Waals surface area contributed by atoms with E-state index < -0.39 is 20.0 Å². The van der Waals surface area contributed by atoms with E-state index in [2.05, 4.69) is 31.3 Å². The first-order chi connectivity index (χ1) is 23.4. The van der Waals surface area contributed by atoms with Crippen molar-refractivity contribution in [3.8, 4) is 0 Å². The van der Waals surface area contributed by atoms with Gasteiger partial charge < -0.3 is 21.1 Å². The van der Waals surface area contributed by atoms with Crippen molar-refractivity contribution >= 4 is 13.7 Å². The van der Waals surface area contributed by atoms with Gasteiger partial charge in [-0.05, 0) is 44.9 Å². The quantitative estimate of drug-likeness (QED) is 0.0288. The SMILES string of the molecule is CCCCCCCC/C=C\CCCCCCCC(=O)NC(COP(=O)(O)OCCN)C(O)/C=C/CCCCCCCCCCCCCC. The van der Waals surface area contributed by atoms with Gasteiger partial charge in [-0.3, -0.25) is 13.8 Å². The van der Waals surface area contributed by atoms with E-state index in [4.69, 9.17) is 14.8 Å². The van der Waals surface area contributed by atoms with Gasteiger partial charge in [0.1, 0.15) is 0 Å². The molecule has 0 saturated carbocycles.